The Hall–Kier alpha value is -1.57. The van der Waals surface area contributed by atoms with Gasteiger partial charge in [0.05, 0.1) is 11.6 Å². The number of anilines is 1. The van der Waals surface area contributed by atoms with E-state index in [1.807, 2.05) is 24.3 Å². The second-order valence-electron chi connectivity index (χ2n) is 5.05. The van der Waals surface area contributed by atoms with Gasteiger partial charge in [0, 0.05) is 18.8 Å². The summed E-state index contributed by atoms with van der Waals surface area (Å²) in [5, 5.41) is 8.78. The molecule has 0 radical (unpaired) electrons. The van der Waals surface area contributed by atoms with Crippen LogP contribution in [0.5, 0.6) is 0 Å². The predicted octanol–water partition coefficient (Wildman–Crippen LogP) is 1.06. The van der Waals surface area contributed by atoms with Crippen molar-refractivity contribution in [2.75, 3.05) is 31.1 Å². The van der Waals surface area contributed by atoms with Gasteiger partial charge in [-0.05, 0) is 55.6 Å². The summed E-state index contributed by atoms with van der Waals surface area (Å²) in [5.74, 6) is 0. The van der Waals surface area contributed by atoms with Crippen LogP contribution in [0.2, 0.25) is 0 Å². The van der Waals surface area contributed by atoms with Gasteiger partial charge in [-0.1, -0.05) is 0 Å². The van der Waals surface area contributed by atoms with Crippen LogP contribution >= 0.6 is 0 Å². The highest BCUT2D eigenvalue weighted by Gasteiger charge is 2.31. The van der Waals surface area contributed by atoms with Gasteiger partial charge in [-0.25, -0.2) is 0 Å². The molecular formula is C14H20N4. The SMILES string of the molecule is N#Cc1ccc(N2CCC(CN)(CN)CC2)cc1. The van der Waals surface area contributed by atoms with Gasteiger partial charge < -0.3 is 16.4 Å². The Morgan fingerprint density at radius 2 is 1.67 bits per heavy atom. The molecule has 18 heavy (non-hydrogen) atoms. The van der Waals surface area contributed by atoms with Crippen LogP contribution in [0.1, 0.15) is 18.4 Å². The highest BCUT2D eigenvalue weighted by atomic mass is 15.1. The molecule has 1 aliphatic heterocycles. The Balaban J connectivity index is 2.03. The third-order valence-corrected chi connectivity index (χ3v) is 4.05. The Bertz CT molecular complexity index is 418. The lowest BCUT2D eigenvalue weighted by molar-refractivity contribution is 0.238. The quantitative estimate of drug-likeness (QED) is 0.833. The lowest BCUT2D eigenvalue weighted by Gasteiger charge is -2.41. The summed E-state index contributed by atoms with van der Waals surface area (Å²) in [7, 11) is 0. The number of nitriles is 1. The highest BCUT2D eigenvalue weighted by molar-refractivity contribution is 5.50. The minimum Gasteiger partial charge on any atom is -0.371 e. The Kier molecular flexibility index (Phi) is 3.85. The number of piperidine rings is 1. The fraction of sp³-hybridized carbons (Fsp3) is 0.500. The van der Waals surface area contributed by atoms with Crippen molar-refractivity contribution in [3.8, 4) is 6.07 Å². The van der Waals surface area contributed by atoms with E-state index in [0.29, 0.717) is 18.7 Å². The van der Waals surface area contributed by atoms with Gasteiger partial charge in [0.1, 0.15) is 0 Å². The van der Waals surface area contributed by atoms with Crippen LogP contribution in [-0.4, -0.2) is 26.2 Å². The van der Waals surface area contributed by atoms with Crippen molar-refractivity contribution in [3.63, 3.8) is 0 Å². The molecule has 0 aromatic heterocycles. The molecule has 1 saturated heterocycles. The van der Waals surface area contributed by atoms with E-state index in [4.69, 9.17) is 16.7 Å². The summed E-state index contributed by atoms with van der Waals surface area (Å²) in [4.78, 5) is 2.34. The second-order valence-corrected chi connectivity index (χ2v) is 5.05. The van der Waals surface area contributed by atoms with Crippen LogP contribution in [0.3, 0.4) is 0 Å². The van der Waals surface area contributed by atoms with E-state index >= 15 is 0 Å². The first-order valence-corrected chi connectivity index (χ1v) is 6.38. The van der Waals surface area contributed by atoms with Crippen molar-refractivity contribution in [1.82, 2.24) is 0 Å². The number of rotatable bonds is 3. The molecule has 1 fully saturated rings. The summed E-state index contributed by atoms with van der Waals surface area (Å²) in [6, 6.07) is 9.89. The van der Waals surface area contributed by atoms with Crippen LogP contribution < -0.4 is 16.4 Å². The molecule has 0 bridgehead atoms. The third-order valence-electron chi connectivity index (χ3n) is 4.05. The molecule has 1 aromatic rings. The molecule has 0 unspecified atom stereocenters. The van der Waals surface area contributed by atoms with Crippen LogP contribution in [-0.2, 0) is 0 Å². The van der Waals surface area contributed by atoms with Crippen molar-refractivity contribution in [3.05, 3.63) is 29.8 Å². The second kappa shape index (κ2) is 5.38. The molecule has 0 aliphatic carbocycles. The van der Waals surface area contributed by atoms with Gasteiger partial charge in [0.25, 0.3) is 0 Å². The molecule has 4 heteroatoms. The molecule has 2 rings (SSSR count). The highest BCUT2D eigenvalue weighted by Crippen LogP contribution is 2.31. The Labute approximate surface area is 108 Å². The summed E-state index contributed by atoms with van der Waals surface area (Å²) in [5.41, 5.74) is 13.7. The van der Waals surface area contributed by atoms with Gasteiger partial charge in [-0.3, -0.25) is 0 Å². The molecule has 96 valence electrons. The maximum Gasteiger partial charge on any atom is 0.0991 e. The van der Waals surface area contributed by atoms with Gasteiger partial charge in [-0.15, -0.1) is 0 Å². The van der Waals surface area contributed by atoms with Gasteiger partial charge in [0.15, 0.2) is 0 Å². The predicted molar refractivity (Wildman–Crippen MR) is 73.1 cm³/mol. The fourth-order valence-corrected chi connectivity index (χ4v) is 2.48. The standard InChI is InChI=1S/C14H20N4/c15-9-12-1-3-13(4-2-12)18-7-5-14(10-16,11-17)6-8-18/h1-4H,5-8,10-11,16-17H2. The average molecular weight is 244 g/mol. The minimum atomic E-state index is 0.128. The smallest absolute Gasteiger partial charge is 0.0991 e. The normalized spacial score (nSPS) is 18.4. The van der Waals surface area contributed by atoms with Gasteiger partial charge in [-0.2, -0.15) is 5.26 Å². The molecule has 1 heterocycles. The zero-order valence-electron chi connectivity index (χ0n) is 10.6. The zero-order chi connectivity index (χ0) is 13.0. The van der Waals surface area contributed by atoms with Crippen molar-refractivity contribution in [1.29, 1.82) is 5.26 Å². The van der Waals surface area contributed by atoms with Crippen molar-refractivity contribution in [2.45, 2.75) is 12.8 Å². The maximum atomic E-state index is 8.78. The van der Waals surface area contributed by atoms with Crippen LogP contribution in [0, 0.1) is 16.7 Å². The largest absolute Gasteiger partial charge is 0.371 e. The van der Waals surface area contributed by atoms with E-state index in [1.54, 1.807) is 0 Å². The van der Waals surface area contributed by atoms with Crippen LogP contribution in [0.25, 0.3) is 0 Å². The summed E-state index contributed by atoms with van der Waals surface area (Å²) in [6.07, 6.45) is 2.08. The van der Waals surface area contributed by atoms with E-state index < -0.39 is 0 Å². The van der Waals surface area contributed by atoms with E-state index in [2.05, 4.69) is 11.0 Å². The van der Waals surface area contributed by atoms with Crippen LogP contribution in [0.4, 0.5) is 5.69 Å². The molecule has 0 amide bonds. The number of nitrogens with zero attached hydrogens (tertiary/aromatic N) is 2. The maximum absolute atomic E-state index is 8.78. The summed E-state index contributed by atoms with van der Waals surface area (Å²) < 4.78 is 0. The summed E-state index contributed by atoms with van der Waals surface area (Å²) in [6.45, 7) is 3.32. The first kappa shape index (κ1) is 12.9. The molecule has 4 N–H and O–H groups in total. The van der Waals surface area contributed by atoms with E-state index in [-0.39, 0.29) is 5.41 Å². The first-order chi connectivity index (χ1) is 8.73. The Morgan fingerprint density at radius 1 is 1.11 bits per heavy atom. The zero-order valence-corrected chi connectivity index (χ0v) is 10.6. The van der Waals surface area contributed by atoms with Crippen LogP contribution in [0.15, 0.2) is 24.3 Å². The fourth-order valence-electron chi connectivity index (χ4n) is 2.48. The first-order valence-electron chi connectivity index (χ1n) is 6.38. The Morgan fingerprint density at radius 3 is 2.11 bits per heavy atom. The average Bonchev–Trinajstić information content (AvgIpc) is 2.47. The number of hydrogen-bond donors (Lipinski definition) is 2. The molecule has 0 saturated carbocycles. The van der Waals surface area contributed by atoms with Gasteiger partial charge in [0.2, 0.25) is 0 Å². The van der Waals surface area contributed by atoms with E-state index in [0.717, 1.165) is 25.9 Å². The molecule has 4 nitrogen and oxygen atoms in total. The molecular weight excluding hydrogens is 224 g/mol. The minimum absolute atomic E-state index is 0.128. The third kappa shape index (κ3) is 2.47. The topological polar surface area (TPSA) is 79.1 Å². The number of nitrogens with two attached hydrogens (primary N) is 2. The molecule has 1 aliphatic rings. The van der Waals surface area contributed by atoms with Crippen molar-refractivity contribution in [2.24, 2.45) is 16.9 Å². The van der Waals surface area contributed by atoms with E-state index in [9.17, 15) is 0 Å². The molecule has 0 spiro atoms. The monoisotopic (exact) mass is 244 g/mol. The van der Waals surface area contributed by atoms with Crippen molar-refractivity contribution >= 4 is 5.69 Å². The summed E-state index contributed by atoms with van der Waals surface area (Å²) >= 11 is 0. The van der Waals surface area contributed by atoms with Crippen molar-refractivity contribution < 1.29 is 0 Å². The number of benzene rings is 1. The lowest BCUT2D eigenvalue weighted by atomic mass is 9.78. The van der Waals surface area contributed by atoms with Gasteiger partial charge >= 0.3 is 0 Å². The molecule has 1 aromatic carbocycles. The van der Waals surface area contributed by atoms with E-state index in [1.165, 1.54) is 5.69 Å². The lowest BCUT2D eigenvalue weighted by Crippen LogP contribution is -2.47. The molecule has 0 atom stereocenters. The number of hydrogen-bond acceptors (Lipinski definition) is 4.